The van der Waals surface area contributed by atoms with Crippen LogP contribution in [0.4, 0.5) is 5.69 Å². The number of rotatable bonds is 6. The molecule has 0 spiro atoms. The Hall–Kier alpha value is -1.11. The zero-order chi connectivity index (χ0) is 12.0. The molecule has 1 rings (SSSR count). The van der Waals surface area contributed by atoms with Gasteiger partial charge in [0.05, 0.1) is 0 Å². The van der Waals surface area contributed by atoms with Crippen molar-refractivity contribution < 1.29 is 18.1 Å². The van der Waals surface area contributed by atoms with Gasteiger partial charge in [0, 0.05) is 18.8 Å². The molecule has 0 amide bonds. The van der Waals surface area contributed by atoms with Gasteiger partial charge in [-0.1, -0.05) is 18.2 Å². The van der Waals surface area contributed by atoms with Crippen LogP contribution < -0.4 is 5.32 Å². The Morgan fingerprint density at radius 3 is 2.38 bits per heavy atom. The highest BCUT2D eigenvalue weighted by atomic mass is 32.2. The largest absolute Gasteiger partial charge is 0.396 e. The molecule has 1 unspecified atom stereocenters. The first-order chi connectivity index (χ1) is 7.54. The van der Waals surface area contributed by atoms with Crippen molar-refractivity contribution in [2.45, 2.75) is 11.7 Å². The van der Waals surface area contributed by atoms with Gasteiger partial charge >= 0.3 is 0 Å². The predicted octanol–water partition coefficient (Wildman–Crippen LogP) is 0.737. The average molecular weight is 245 g/mol. The molecule has 0 saturated heterocycles. The van der Waals surface area contributed by atoms with Crippen LogP contribution in [0, 0.1) is 0 Å². The van der Waals surface area contributed by atoms with Crippen molar-refractivity contribution in [3.8, 4) is 0 Å². The van der Waals surface area contributed by atoms with E-state index >= 15 is 0 Å². The molecule has 0 heterocycles. The van der Waals surface area contributed by atoms with E-state index in [-0.39, 0.29) is 19.6 Å². The zero-order valence-electron chi connectivity index (χ0n) is 8.70. The maximum atomic E-state index is 10.9. The van der Waals surface area contributed by atoms with E-state index in [9.17, 15) is 8.42 Å². The minimum atomic E-state index is -4.12. The van der Waals surface area contributed by atoms with Crippen LogP contribution >= 0.6 is 0 Å². The maximum Gasteiger partial charge on any atom is 0.269 e. The summed E-state index contributed by atoms with van der Waals surface area (Å²) in [6.07, 6.45) is 0.0126. The zero-order valence-corrected chi connectivity index (χ0v) is 9.52. The fraction of sp³-hybridized carbons (Fsp3) is 0.400. The normalized spacial score (nSPS) is 13.4. The molecule has 0 aliphatic rings. The third kappa shape index (κ3) is 4.18. The number of para-hydroxylation sites is 1. The highest BCUT2D eigenvalue weighted by Gasteiger charge is 2.21. The first-order valence-electron chi connectivity index (χ1n) is 4.90. The van der Waals surface area contributed by atoms with Gasteiger partial charge in [-0.15, -0.1) is 0 Å². The van der Waals surface area contributed by atoms with Crippen LogP contribution in [0.5, 0.6) is 0 Å². The van der Waals surface area contributed by atoms with Gasteiger partial charge in [-0.3, -0.25) is 4.55 Å². The molecule has 3 N–H and O–H groups in total. The van der Waals surface area contributed by atoms with Gasteiger partial charge in [0.2, 0.25) is 0 Å². The predicted molar refractivity (Wildman–Crippen MR) is 62.0 cm³/mol. The second kappa shape index (κ2) is 5.83. The minimum Gasteiger partial charge on any atom is -0.396 e. The van der Waals surface area contributed by atoms with Gasteiger partial charge in [0.1, 0.15) is 5.25 Å². The number of nitrogens with one attached hydrogen (secondary N) is 1. The lowest BCUT2D eigenvalue weighted by atomic mass is 10.3. The molecule has 0 radical (unpaired) electrons. The SMILES string of the molecule is O=S(=O)(O)C(CCO)CNc1ccccc1. The molecule has 0 saturated carbocycles. The van der Waals surface area contributed by atoms with Crippen LogP contribution in [0.15, 0.2) is 30.3 Å². The van der Waals surface area contributed by atoms with Crippen LogP contribution in [0.25, 0.3) is 0 Å². The molecule has 0 aromatic heterocycles. The van der Waals surface area contributed by atoms with Crippen molar-refractivity contribution in [1.29, 1.82) is 0 Å². The van der Waals surface area contributed by atoms with E-state index in [0.717, 1.165) is 5.69 Å². The summed E-state index contributed by atoms with van der Waals surface area (Å²) in [4.78, 5) is 0. The van der Waals surface area contributed by atoms with Gasteiger partial charge in [-0.2, -0.15) is 8.42 Å². The summed E-state index contributed by atoms with van der Waals surface area (Å²) < 4.78 is 30.8. The second-order valence-electron chi connectivity index (χ2n) is 3.40. The average Bonchev–Trinajstić information content (AvgIpc) is 2.24. The number of hydrogen-bond donors (Lipinski definition) is 3. The Bertz CT molecular complexity index is 404. The van der Waals surface area contributed by atoms with Crippen molar-refractivity contribution in [3.63, 3.8) is 0 Å². The van der Waals surface area contributed by atoms with Crippen LogP contribution in [-0.4, -0.2) is 36.5 Å². The lowest BCUT2D eigenvalue weighted by Gasteiger charge is -2.14. The lowest BCUT2D eigenvalue weighted by molar-refractivity contribution is 0.284. The van der Waals surface area contributed by atoms with Gasteiger partial charge in [-0.25, -0.2) is 0 Å². The van der Waals surface area contributed by atoms with E-state index < -0.39 is 15.4 Å². The third-order valence-corrected chi connectivity index (χ3v) is 3.42. The first-order valence-corrected chi connectivity index (χ1v) is 6.40. The van der Waals surface area contributed by atoms with Gasteiger partial charge in [0.15, 0.2) is 0 Å². The molecule has 16 heavy (non-hydrogen) atoms. The van der Waals surface area contributed by atoms with Crippen molar-refractivity contribution in [2.24, 2.45) is 0 Å². The fourth-order valence-corrected chi connectivity index (χ4v) is 1.99. The summed E-state index contributed by atoms with van der Waals surface area (Å²) in [5.74, 6) is 0. The lowest BCUT2D eigenvalue weighted by Crippen LogP contribution is -2.29. The molecule has 0 aliphatic heterocycles. The smallest absolute Gasteiger partial charge is 0.269 e. The molecule has 0 fully saturated rings. The molecule has 0 bridgehead atoms. The maximum absolute atomic E-state index is 10.9. The number of anilines is 1. The van der Waals surface area contributed by atoms with Crippen molar-refractivity contribution >= 4 is 15.8 Å². The summed E-state index contributed by atoms with van der Waals surface area (Å²) in [6.45, 7) is -0.204. The van der Waals surface area contributed by atoms with Crippen molar-refractivity contribution in [2.75, 3.05) is 18.5 Å². The third-order valence-electron chi connectivity index (χ3n) is 2.18. The molecule has 6 heteroatoms. The van der Waals surface area contributed by atoms with Crippen LogP contribution in [0.2, 0.25) is 0 Å². The molecular formula is C10H15NO4S. The Morgan fingerprint density at radius 1 is 1.25 bits per heavy atom. The first kappa shape index (κ1) is 13.0. The molecule has 90 valence electrons. The summed E-state index contributed by atoms with van der Waals surface area (Å²) in [6, 6.07) is 9.06. The molecule has 1 aromatic rings. The topological polar surface area (TPSA) is 86.6 Å². The molecule has 1 aromatic carbocycles. The summed E-state index contributed by atoms with van der Waals surface area (Å²) in [5, 5.41) is 10.6. The van der Waals surface area contributed by atoms with Crippen LogP contribution in [0.1, 0.15) is 6.42 Å². The summed E-state index contributed by atoms with van der Waals surface area (Å²) >= 11 is 0. The highest BCUT2D eigenvalue weighted by Crippen LogP contribution is 2.09. The minimum absolute atomic E-state index is 0.0126. The van der Waals surface area contributed by atoms with E-state index in [2.05, 4.69) is 5.32 Å². The van der Waals surface area contributed by atoms with E-state index in [1.807, 2.05) is 18.2 Å². The van der Waals surface area contributed by atoms with Gasteiger partial charge < -0.3 is 10.4 Å². The van der Waals surface area contributed by atoms with Gasteiger partial charge in [0.25, 0.3) is 10.1 Å². The number of benzene rings is 1. The molecular weight excluding hydrogens is 230 g/mol. The monoisotopic (exact) mass is 245 g/mol. The molecule has 5 nitrogen and oxygen atoms in total. The molecule has 0 aliphatic carbocycles. The highest BCUT2D eigenvalue weighted by molar-refractivity contribution is 7.86. The van der Waals surface area contributed by atoms with E-state index in [4.69, 9.17) is 9.66 Å². The molecule has 1 atom stereocenters. The van der Waals surface area contributed by atoms with Crippen LogP contribution in [-0.2, 0) is 10.1 Å². The Kier molecular flexibility index (Phi) is 4.72. The summed E-state index contributed by atoms with van der Waals surface area (Å²) in [5.41, 5.74) is 0.772. The van der Waals surface area contributed by atoms with Crippen molar-refractivity contribution in [3.05, 3.63) is 30.3 Å². The van der Waals surface area contributed by atoms with Crippen molar-refractivity contribution in [1.82, 2.24) is 0 Å². The quantitative estimate of drug-likeness (QED) is 0.643. The van der Waals surface area contributed by atoms with E-state index in [0.29, 0.717) is 0 Å². The van der Waals surface area contributed by atoms with Crippen LogP contribution in [0.3, 0.4) is 0 Å². The van der Waals surface area contributed by atoms with Gasteiger partial charge in [-0.05, 0) is 18.6 Å². The van der Waals surface area contributed by atoms with E-state index in [1.165, 1.54) is 0 Å². The fourth-order valence-electron chi connectivity index (χ4n) is 1.29. The number of aliphatic hydroxyl groups excluding tert-OH is 1. The Morgan fingerprint density at radius 2 is 1.88 bits per heavy atom. The Balaban J connectivity index is 2.58. The van der Waals surface area contributed by atoms with E-state index in [1.54, 1.807) is 12.1 Å². The number of hydrogen-bond acceptors (Lipinski definition) is 4. The summed E-state index contributed by atoms with van der Waals surface area (Å²) in [7, 11) is -4.12. The number of aliphatic hydroxyl groups is 1. The standard InChI is InChI=1S/C10H15NO4S/c12-7-6-10(16(13,14)15)8-11-9-4-2-1-3-5-9/h1-5,10-12H,6-8H2,(H,13,14,15). The Labute approximate surface area is 94.9 Å². The second-order valence-corrected chi connectivity index (χ2v) is 5.09.